The summed E-state index contributed by atoms with van der Waals surface area (Å²) in [6, 6.07) is 14.7. The minimum Gasteiger partial charge on any atom is -0.368 e. The number of hydrogen-bond donors (Lipinski definition) is 0. The van der Waals surface area contributed by atoms with E-state index in [0.717, 1.165) is 26.2 Å². The molecule has 1 fully saturated rings. The Bertz CT molecular complexity index is 904. The number of nitrogens with zero attached hydrogens (tertiary/aromatic N) is 3. The van der Waals surface area contributed by atoms with E-state index in [-0.39, 0.29) is 16.5 Å². The monoisotopic (exact) mass is 401 g/mol. The molecule has 1 saturated heterocycles. The molecule has 2 aliphatic rings. The van der Waals surface area contributed by atoms with Gasteiger partial charge < -0.3 is 9.80 Å². The summed E-state index contributed by atoms with van der Waals surface area (Å²) in [6.45, 7) is 3.27. The largest absolute Gasteiger partial charge is 0.368 e. The molecule has 2 aliphatic heterocycles. The van der Waals surface area contributed by atoms with Crippen LogP contribution in [0.25, 0.3) is 6.08 Å². The van der Waals surface area contributed by atoms with Gasteiger partial charge in [0.2, 0.25) is 0 Å². The van der Waals surface area contributed by atoms with Gasteiger partial charge >= 0.3 is 0 Å². The van der Waals surface area contributed by atoms with Crippen LogP contribution in [0.15, 0.2) is 58.4 Å². The van der Waals surface area contributed by atoms with E-state index in [1.807, 2.05) is 18.2 Å². The van der Waals surface area contributed by atoms with E-state index in [0.29, 0.717) is 10.1 Å². The number of rotatable bonds is 2. The molecular formula is C20H17ClFN3OS. The van der Waals surface area contributed by atoms with Crippen LogP contribution in [0.2, 0.25) is 5.02 Å². The van der Waals surface area contributed by atoms with Gasteiger partial charge in [0.05, 0.1) is 9.93 Å². The van der Waals surface area contributed by atoms with Crippen molar-refractivity contribution in [3.05, 3.63) is 69.8 Å². The molecule has 0 aliphatic carbocycles. The number of amidine groups is 1. The van der Waals surface area contributed by atoms with Crippen molar-refractivity contribution >= 4 is 46.2 Å². The highest BCUT2D eigenvalue weighted by Gasteiger charge is 2.29. The van der Waals surface area contributed by atoms with Crippen LogP contribution in [0.5, 0.6) is 0 Å². The molecule has 0 spiro atoms. The first-order valence-electron chi connectivity index (χ1n) is 8.63. The summed E-state index contributed by atoms with van der Waals surface area (Å²) in [5.41, 5.74) is 1.42. The van der Waals surface area contributed by atoms with Crippen molar-refractivity contribution in [2.75, 3.05) is 31.1 Å². The molecule has 4 rings (SSSR count). The van der Waals surface area contributed by atoms with Crippen LogP contribution in [0.3, 0.4) is 0 Å². The Hall–Kier alpha value is -2.31. The van der Waals surface area contributed by atoms with Crippen molar-refractivity contribution in [1.29, 1.82) is 0 Å². The molecule has 7 heteroatoms. The van der Waals surface area contributed by atoms with Crippen LogP contribution in [0.4, 0.5) is 10.1 Å². The number of carbonyl (C=O) groups is 1. The van der Waals surface area contributed by atoms with E-state index in [4.69, 9.17) is 11.6 Å². The predicted molar refractivity (Wildman–Crippen MR) is 110 cm³/mol. The minimum atomic E-state index is -0.451. The summed E-state index contributed by atoms with van der Waals surface area (Å²) in [5.74, 6) is -0.798. The summed E-state index contributed by atoms with van der Waals surface area (Å²) >= 11 is 7.33. The van der Waals surface area contributed by atoms with Crippen LogP contribution in [0.1, 0.15) is 5.56 Å². The van der Waals surface area contributed by atoms with E-state index < -0.39 is 5.82 Å². The van der Waals surface area contributed by atoms with Crippen molar-refractivity contribution in [2.24, 2.45) is 4.99 Å². The maximum absolute atomic E-state index is 14.0. The van der Waals surface area contributed by atoms with Gasteiger partial charge in [-0.25, -0.2) is 4.39 Å². The Labute approximate surface area is 166 Å². The molecule has 0 atom stereocenters. The third-order valence-electron chi connectivity index (χ3n) is 4.56. The molecule has 0 aromatic heterocycles. The Balaban J connectivity index is 1.44. The predicted octanol–water partition coefficient (Wildman–Crippen LogP) is 4.27. The molecule has 138 valence electrons. The average Bonchev–Trinajstić information content (AvgIpc) is 3.06. The van der Waals surface area contributed by atoms with Gasteiger partial charge in [0.15, 0.2) is 5.17 Å². The normalized spacial score (nSPS) is 19.0. The first-order valence-corrected chi connectivity index (χ1v) is 9.83. The van der Waals surface area contributed by atoms with Gasteiger partial charge in [-0.05, 0) is 42.1 Å². The first-order chi connectivity index (χ1) is 13.1. The van der Waals surface area contributed by atoms with Crippen LogP contribution in [-0.2, 0) is 4.79 Å². The smallest absolute Gasteiger partial charge is 0.286 e. The summed E-state index contributed by atoms with van der Waals surface area (Å²) in [7, 11) is 0. The Morgan fingerprint density at radius 3 is 2.41 bits per heavy atom. The number of aliphatic imine (C=N–C) groups is 1. The number of benzene rings is 2. The number of carbonyl (C=O) groups excluding carboxylic acids is 1. The highest BCUT2D eigenvalue weighted by Crippen LogP contribution is 2.33. The van der Waals surface area contributed by atoms with E-state index >= 15 is 0 Å². The number of hydrogen-bond acceptors (Lipinski definition) is 4. The molecule has 4 nitrogen and oxygen atoms in total. The second-order valence-corrected chi connectivity index (χ2v) is 7.67. The van der Waals surface area contributed by atoms with Gasteiger partial charge in [0.25, 0.3) is 5.91 Å². The van der Waals surface area contributed by atoms with E-state index in [9.17, 15) is 9.18 Å². The third-order valence-corrected chi connectivity index (χ3v) is 5.93. The van der Waals surface area contributed by atoms with Crippen LogP contribution >= 0.6 is 23.4 Å². The van der Waals surface area contributed by atoms with E-state index in [2.05, 4.69) is 26.9 Å². The van der Waals surface area contributed by atoms with Crippen LogP contribution in [0, 0.1) is 5.82 Å². The van der Waals surface area contributed by atoms with Crippen molar-refractivity contribution in [3.63, 3.8) is 0 Å². The number of piperazine rings is 1. The van der Waals surface area contributed by atoms with E-state index in [1.165, 1.54) is 35.7 Å². The second-order valence-electron chi connectivity index (χ2n) is 6.26. The SMILES string of the molecule is O=C1N=C(N2CCN(c3ccccc3)CC2)S/C1=C\c1c(F)cccc1Cl. The van der Waals surface area contributed by atoms with Crippen LogP contribution < -0.4 is 4.90 Å². The molecule has 0 radical (unpaired) electrons. The standard InChI is InChI=1S/C20H17ClFN3OS/c21-16-7-4-8-17(22)15(16)13-18-19(26)23-20(27-18)25-11-9-24(10-12-25)14-5-2-1-3-6-14/h1-8,13H,9-12H2/b18-13-. The molecule has 27 heavy (non-hydrogen) atoms. The third kappa shape index (κ3) is 3.87. The van der Waals surface area contributed by atoms with Gasteiger partial charge in [0, 0.05) is 37.4 Å². The zero-order valence-electron chi connectivity index (χ0n) is 14.4. The lowest BCUT2D eigenvalue weighted by molar-refractivity contribution is -0.113. The molecule has 2 aromatic rings. The zero-order chi connectivity index (χ0) is 18.8. The number of amides is 1. The van der Waals surface area contributed by atoms with Gasteiger partial charge in [-0.1, -0.05) is 35.9 Å². The van der Waals surface area contributed by atoms with Crippen molar-refractivity contribution in [2.45, 2.75) is 0 Å². The number of anilines is 1. The zero-order valence-corrected chi connectivity index (χ0v) is 16.0. The summed E-state index contributed by atoms with van der Waals surface area (Å²) in [4.78, 5) is 21.2. The highest BCUT2D eigenvalue weighted by atomic mass is 35.5. The lowest BCUT2D eigenvalue weighted by Gasteiger charge is -2.36. The van der Waals surface area contributed by atoms with Crippen molar-refractivity contribution in [3.8, 4) is 0 Å². The lowest BCUT2D eigenvalue weighted by Crippen LogP contribution is -2.47. The number of halogens is 2. The fourth-order valence-electron chi connectivity index (χ4n) is 3.11. The first kappa shape index (κ1) is 18.1. The van der Waals surface area contributed by atoms with Gasteiger partial charge in [0.1, 0.15) is 5.82 Å². The Kier molecular flexibility index (Phi) is 5.18. The van der Waals surface area contributed by atoms with Gasteiger partial charge in [-0.3, -0.25) is 4.79 Å². The lowest BCUT2D eigenvalue weighted by atomic mass is 10.2. The van der Waals surface area contributed by atoms with Gasteiger partial charge in [-0.15, -0.1) is 0 Å². The Morgan fingerprint density at radius 2 is 1.70 bits per heavy atom. The molecule has 0 bridgehead atoms. The molecule has 2 aromatic carbocycles. The molecular weight excluding hydrogens is 385 g/mol. The fourth-order valence-corrected chi connectivity index (χ4v) is 4.27. The van der Waals surface area contributed by atoms with Crippen molar-refractivity contribution in [1.82, 2.24) is 4.90 Å². The molecule has 0 N–H and O–H groups in total. The molecule has 2 heterocycles. The maximum atomic E-state index is 14.0. The van der Waals surface area contributed by atoms with Crippen molar-refractivity contribution < 1.29 is 9.18 Å². The summed E-state index contributed by atoms with van der Waals surface area (Å²) in [5, 5.41) is 0.951. The quantitative estimate of drug-likeness (QED) is 0.704. The topological polar surface area (TPSA) is 35.9 Å². The summed E-state index contributed by atoms with van der Waals surface area (Å²) < 4.78 is 14.0. The molecule has 0 saturated carbocycles. The fraction of sp³-hybridized carbons (Fsp3) is 0.200. The minimum absolute atomic E-state index is 0.223. The highest BCUT2D eigenvalue weighted by molar-refractivity contribution is 8.18. The van der Waals surface area contributed by atoms with E-state index in [1.54, 1.807) is 6.07 Å². The molecule has 1 amide bonds. The Morgan fingerprint density at radius 1 is 1.00 bits per heavy atom. The van der Waals surface area contributed by atoms with Crippen LogP contribution in [-0.4, -0.2) is 42.2 Å². The second kappa shape index (κ2) is 7.74. The number of para-hydroxylation sites is 1. The maximum Gasteiger partial charge on any atom is 0.286 e. The average molecular weight is 402 g/mol. The summed E-state index contributed by atoms with van der Waals surface area (Å²) in [6.07, 6.45) is 1.49. The van der Waals surface area contributed by atoms with Gasteiger partial charge in [-0.2, -0.15) is 4.99 Å². The number of thioether (sulfide) groups is 1. The molecule has 0 unspecified atom stereocenters.